The van der Waals surface area contributed by atoms with Crippen LogP contribution in [0.3, 0.4) is 0 Å². The van der Waals surface area contributed by atoms with Crippen LogP contribution >= 0.6 is 24.0 Å². The van der Waals surface area contributed by atoms with Crippen LogP contribution in [0.4, 0.5) is 0 Å². The summed E-state index contributed by atoms with van der Waals surface area (Å²) in [7, 11) is 1.82. The molecule has 2 aromatic heterocycles. The maximum Gasteiger partial charge on any atom is 0.191 e. The Morgan fingerprint density at radius 1 is 1.28 bits per heavy atom. The lowest BCUT2D eigenvalue weighted by Crippen LogP contribution is -2.40. The number of nitrogens with zero attached hydrogens (tertiary/aromatic N) is 5. The molecule has 0 radical (unpaired) electrons. The van der Waals surface area contributed by atoms with Gasteiger partial charge in [0.05, 0.1) is 25.5 Å². The first kappa shape index (κ1) is 21.4. The van der Waals surface area contributed by atoms with Crippen LogP contribution in [-0.2, 0) is 19.2 Å². The maximum atomic E-state index is 10.6. The maximum absolute atomic E-state index is 10.6. The van der Waals surface area contributed by atoms with Crippen molar-refractivity contribution in [2.75, 3.05) is 19.6 Å². The molecule has 0 bridgehead atoms. The number of aliphatic imine (C=N–C) groups is 1. The summed E-state index contributed by atoms with van der Waals surface area (Å²) in [6.45, 7) is 8.20. The Hall–Kier alpha value is -1.62. The van der Waals surface area contributed by atoms with Gasteiger partial charge in [-0.1, -0.05) is 0 Å². The Labute approximate surface area is 165 Å². The van der Waals surface area contributed by atoms with E-state index in [1.807, 2.05) is 38.0 Å². The lowest BCUT2D eigenvalue weighted by molar-refractivity contribution is 0.0672. The highest BCUT2D eigenvalue weighted by atomic mass is 127. The highest BCUT2D eigenvalue weighted by Crippen LogP contribution is 2.19. The molecular weight excluding hydrogens is 433 g/mol. The van der Waals surface area contributed by atoms with E-state index >= 15 is 0 Å². The molecule has 140 valence electrons. The van der Waals surface area contributed by atoms with Gasteiger partial charge in [-0.2, -0.15) is 10.2 Å². The second-order valence-corrected chi connectivity index (χ2v) is 6.08. The van der Waals surface area contributed by atoms with Gasteiger partial charge in [0.15, 0.2) is 5.96 Å². The molecular formula is C16H28IN7O. The third kappa shape index (κ3) is 6.65. The number of aromatic nitrogens is 4. The van der Waals surface area contributed by atoms with Gasteiger partial charge in [0.2, 0.25) is 0 Å². The summed E-state index contributed by atoms with van der Waals surface area (Å²) in [4.78, 5) is 4.48. The Kier molecular flexibility index (Phi) is 8.36. The van der Waals surface area contributed by atoms with Gasteiger partial charge in [-0.3, -0.25) is 9.36 Å². The highest BCUT2D eigenvalue weighted by molar-refractivity contribution is 14.0. The zero-order valence-corrected chi connectivity index (χ0v) is 17.6. The quantitative estimate of drug-likeness (QED) is 0.325. The van der Waals surface area contributed by atoms with Gasteiger partial charge >= 0.3 is 0 Å². The zero-order chi connectivity index (χ0) is 17.6. The van der Waals surface area contributed by atoms with Gasteiger partial charge in [-0.25, -0.2) is 4.99 Å². The van der Waals surface area contributed by atoms with Crippen LogP contribution in [0.15, 0.2) is 29.8 Å². The van der Waals surface area contributed by atoms with Crippen LogP contribution in [0, 0.1) is 6.92 Å². The molecule has 3 N–H and O–H groups in total. The van der Waals surface area contributed by atoms with Gasteiger partial charge < -0.3 is 15.7 Å². The third-order valence-corrected chi connectivity index (χ3v) is 3.61. The van der Waals surface area contributed by atoms with Gasteiger partial charge in [-0.05, 0) is 26.3 Å². The number of rotatable bonds is 7. The molecule has 8 nitrogen and oxygen atoms in total. The summed E-state index contributed by atoms with van der Waals surface area (Å²) in [5.41, 5.74) is 0.829. The lowest BCUT2D eigenvalue weighted by atomic mass is 10.0. The van der Waals surface area contributed by atoms with Crippen LogP contribution in [0.1, 0.15) is 25.0 Å². The first-order chi connectivity index (χ1) is 11.4. The van der Waals surface area contributed by atoms with E-state index in [4.69, 9.17) is 0 Å². The summed E-state index contributed by atoms with van der Waals surface area (Å²) < 4.78 is 3.56. The van der Waals surface area contributed by atoms with E-state index in [-0.39, 0.29) is 30.5 Å². The SMILES string of the molecule is CCNC(=NCC(C)(O)c1cnn(C)c1)NCCn1cc(C)cn1.I. The lowest BCUT2D eigenvalue weighted by Gasteiger charge is -2.20. The molecule has 2 rings (SSSR count). The summed E-state index contributed by atoms with van der Waals surface area (Å²) in [5, 5.41) is 25.4. The van der Waals surface area contributed by atoms with Gasteiger partial charge in [0, 0.05) is 38.1 Å². The number of hydrogen-bond acceptors (Lipinski definition) is 4. The molecule has 0 saturated carbocycles. The predicted molar refractivity (Wildman–Crippen MR) is 109 cm³/mol. The second-order valence-electron chi connectivity index (χ2n) is 6.08. The molecule has 9 heteroatoms. The summed E-state index contributed by atoms with van der Waals surface area (Å²) in [5.74, 6) is 0.672. The summed E-state index contributed by atoms with van der Waals surface area (Å²) in [6.07, 6.45) is 7.30. The molecule has 0 aliphatic heterocycles. The highest BCUT2D eigenvalue weighted by Gasteiger charge is 2.24. The topological polar surface area (TPSA) is 92.3 Å². The van der Waals surface area contributed by atoms with E-state index in [1.54, 1.807) is 24.0 Å². The Balaban J connectivity index is 0.00000312. The number of nitrogens with one attached hydrogen (secondary N) is 2. The average molecular weight is 461 g/mol. The minimum Gasteiger partial charge on any atom is -0.383 e. The zero-order valence-electron chi connectivity index (χ0n) is 15.2. The average Bonchev–Trinajstić information content (AvgIpc) is 3.14. The monoisotopic (exact) mass is 461 g/mol. The number of guanidine groups is 1. The first-order valence-corrected chi connectivity index (χ1v) is 8.13. The Bertz CT molecular complexity index is 678. The number of aliphatic hydroxyl groups is 1. The van der Waals surface area contributed by atoms with Crippen LogP contribution in [-0.4, -0.2) is 50.3 Å². The predicted octanol–water partition coefficient (Wildman–Crippen LogP) is 1.01. The fourth-order valence-corrected chi connectivity index (χ4v) is 2.24. The normalized spacial score (nSPS) is 13.9. The molecule has 1 unspecified atom stereocenters. The van der Waals surface area contributed by atoms with Crippen LogP contribution in [0.2, 0.25) is 0 Å². The molecule has 2 aromatic rings. The van der Waals surface area contributed by atoms with E-state index in [1.165, 1.54) is 0 Å². The van der Waals surface area contributed by atoms with Crippen molar-refractivity contribution in [2.45, 2.75) is 32.9 Å². The van der Waals surface area contributed by atoms with Crippen molar-refractivity contribution >= 4 is 29.9 Å². The summed E-state index contributed by atoms with van der Waals surface area (Å²) in [6, 6.07) is 0. The van der Waals surface area contributed by atoms with Crippen molar-refractivity contribution in [2.24, 2.45) is 12.0 Å². The molecule has 0 aliphatic rings. The van der Waals surface area contributed by atoms with Crippen molar-refractivity contribution in [3.05, 3.63) is 35.9 Å². The number of hydrogen-bond donors (Lipinski definition) is 3. The van der Waals surface area contributed by atoms with E-state index < -0.39 is 5.60 Å². The molecule has 0 aliphatic carbocycles. The number of aryl methyl sites for hydroxylation is 2. The van der Waals surface area contributed by atoms with Crippen molar-refractivity contribution in [3.63, 3.8) is 0 Å². The minimum absolute atomic E-state index is 0. The second kappa shape index (κ2) is 9.76. The van der Waals surface area contributed by atoms with Crippen LogP contribution < -0.4 is 10.6 Å². The van der Waals surface area contributed by atoms with Crippen molar-refractivity contribution in [3.8, 4) is 0 Å². The fourth-order valence-electron chi connectivity index (χ4n) is 2.24. The molecule has 2 heterocycles. The van der Waals surface area contributed by atoms with E-state index in [2.05, 4.69) is 25.8 Å². The van der Waals surface area contributed by atoms with Crippen LogP contribution in [0.5, 0.6) is 0 Å². The van der Waals surface area contributed by atoms with E-state index in [9.17, 15) is 5.11 Å². The standard InChI is InChI=1S/C16H27N7O.HI/c1-5-17-15(18-6-7-23-10-13(2)8-21-23)19-12-16(3,24)14-9-20-22(4)11-14;/h8-11,24H,5-7,12H2,1-4H3,(H2,17,18,19);1H. The van der Waals surface area contributed by atoms with E-state index in [0.717, 1.165) is 24.2 Å². The first-order valence-electron chi connectivity index (χ1n) is 8.13. The van der Waals surface area contributed by atoms with Crippen molar-refractivity contribution in [1.82, 2.24) is 30.2 Å². The fraction of sp³-hybridized carbons (Fsp3) is 0.562. The molecule has 0 aromatic carbocycles. The Morgan fingerprint density at radius 3 is 2.60 bits per heavy atom. The van der Waals surface area contributed by atoms with Gasteiger partial charge in [0.1, 0.15) is 5.60 Å². The molecule has 0 amide bonds. The van der Waals surface area contributed by atoms with Crippen LogP contribution in [0.25, 0.3) is 0 Å². The minimum atomic E-state index is -1.06. The molecule has 1 atom stereocenters. The largest absolute Gasteiger partial charge is 0.383 e. The molecule has 25 heavy (non-hydrogen) atoms. The van der Waals surface area contributed by atoms with Crippen molar-refractivity contribution < 1.29 is 5.11 Å². The Morgan fingerprint density at radius 2 is 2.04 bits per heavy atom. The third-order valence-electron chi connectivity index (χ3n) is 3.61. The molecule has 0 spiro atoms. The van der Waals surface area contributed by atoms with Gasteiger partial charge in [-0.15, -0.1) is 24.0 Å². The molecule has 0 saturated heterocycles. The molecule has 0 fully saturated rings. The number of halogens is 1. The summed E-state index contributed by atoms with van der Waals surface area (Å²) >= 11 is 0. The van der Waals surface area contributed by atoms with Gasteiger partial charge in [0.25, 0.3) is 0 Å². The van der Waals surface area contributed by atoms with E-state index in [0.29, 0.717) is 12.5 Å². The smallest absolute Gasteiger partial charge is 0.191 e. The van der Waals surface area contributed by atoms with Crippen molar-refractivity contribution in [1.29, 1.82) is 0 Å².